The number of likely N-dealkylation sites (tertiary alicyclic amines) is 1. The van der Waals surface area contributed by atoms with Crippen LogP contribution in [0.25, 0.3) is 0 Å². The Morgan fingerprint density at radius 3 is 2.81 bits per heavy atom. The molecule has 1 aromatic rings. The van der Waals surface area contributed by atoms with Gasteiger partial charge in [0.15, 0.2) is 0 Å². The molecule has 21 heavy (non-hydrogen) atoms. The largest absolute Gasteiger partial charge is 0.393 e. The number of aliphatic hydroxyl groups excluding tert-OH is 1. The van der Waals surface area contributed by atoms with Gasteiger partial charge in [-0.15, -0.1) is 0 Å². The number of benzene rings is 1. The van der Waals surface area contributed by atoms with Crippen LogP contribution in [0.3, 0.4) is 0 Å². The third-order valence-corrected chi connectivity index (χ3v) is 4.27. The van der Waals surface area contributed by atoms with E-state index in [1.807, 2.05) is 31.3 Å². The molecule has 0 aliphatic carbocycles. The molecule has 1 heterocycles. The number of nitrogens with one attached hydrogen (secondary N) is 2. The summed E-state index contributed by atoms with van der Waals surface area (Å²) in [4.78, 5) is 14.0. The van der Waals surface area contributed by atoms with E-state index < -0.39 is 0 Å². The van der Waals surface area contributed by atoms with Crippen LogP contribution in [-0.4, -0.2) is 42.3 Å². The fourth-order valence-corrected chi connectivity index (χ4v) is 2.62. The summed E-state index contributed by atoms with van der Waals surface area (Å²) in [5.74, 6) is 0.186. The van der Waals surface area contributed by atoms with Gasteiger partial charge in [-0.2, -0.15) is 0 Å². The first-order chi connectivity index (χ1) is 10.0. The van der Waals surface area contributed by atoms with Crippen molar-refractivity contribution in [2.45, 2.75) is 32.4 Å². The maximum Gasteiger partial charge on any atom is 0.321 e. The van der Waals surface area contributed by atoms with Crippen LogP contribution < -0.4 is 10.6 Å². The molecule has 0 aromatic heterocycles. The van der Waals surface area contributed by atoms with E-state index in [0.29, 0.717) is 13.1 Å². The molecule has 1 aromatic carbocycles. The Kier molecular flexibility index (Phi) is 5.20. The van der Waals surface area contributed by atoms with Crippen molar-refractivity contribution >= 4 is 11.7 Å². The molecule has 1 aliphatic rings. The van der Waals surface area contributed by atoms with Gasteiger partial charge in [0.25, 0.3) is 0 Å². The van der Waals surface area contributed by atoms with Crippen LogP contribution in [0.4, 0.5) is 10.5 Å². The van der Waals surface area contributed by atoms with Crippen molar-refractivity contribution < 1.29 is 9.90 Å². The van der Waals surface area contributed by atoms with Crippen molar-refractivity contribution in [2.75, 3.05) is 25.5 Å². The first-order valence-corrected chi connectivity index (χ1v) is 7.52. The third-order valence-electron chi connectivity index (χ3n) is 4.27. The molecule has 3 N–H and O–H groups in total. The van der Waals surface area contributed by atoms with Gasteiger partial charge in [0.05, 0.1) is 6.10 Å². The molecule has 5 heteroatoms. The highest BCUT2D eigenvalue weighted by Gasteiger charge is 2.29. The van der Waals surface area contributed by atoms with E-state index >= 15 is 0 Å². The second-order valence-electron chi connectivity index (χ2n) is 5.80. The normalized spacial score (nSPS) is 21.1. The number of anilines is 1. The number of aliphatic hydroxyl groups is 1. The zero-order valence-electron chi connectivity index (χ0n) is 13.0. The highest BCUT2D eigenvalue weighted by molar-refractivity contribution is 5.89. The summed E-state index contributed by atoms with van der Waals surface area (Å²) in [5, 5.41) is 15.7. The predicted octanol–water partition coefficient (Wildman–Crippen LogP) is 2.20. The number of nitrogens with zero attached hydrogens (tertiary/aromatic N) is 1. The number of hydrogen-bond acceptors (Lipinski definition) is 3. The van der Waals surface area contributed by atoms with E-state index in [2.05, 4.69) is 17.6 Å². The molecule has 1 aliphatic heterocycles. The van der Waals surface area contributed by atoms with E-state index in [4.69, 9.17) is 0 Å². The molecule has 0 saturated carbocycles. The number of urea groups is 1. The molecule has 0 spiro atoms. The summed E-state index contributed by atoms with van der Waals surface area (Å²) in [5.41, 5.74) is 1.94. The zero-order valence-corrected chi connectivity index (χ0v) is 13.0. The van der Waals surface area contributed by atoms with Gasteiger partial charge in [-0.05, 0) is 45.0 Å². The summed E-state index contributed by atoms with van der Waals surface area (Å²) in [6.07, 6.45) is 0.504. The topological polar surface area (TPSA) is 64.6 Å². The molecule has 0 radical (unpaired) electrons. The van der Waals surface area contributed by atoms with Crippen LogP contribution >= 0.6 is 0 Å². The smallest absolute Gasteiger partial charge is 0.321 e. The van der Waals surface area contributed by atoms with E-state index in [-0.39, 0.29) is 24.1 Å². The molecule has 1 fully saturated rings. The van der Waals surface area contributed by atoms with Crippen molar-refractivity contribution in [2.24, 2.45) is 5.92 Å². The number of carbonyl (C=O) groups is 1. The van der Waals surface area contributed by atoms with Crippen LogP contribution in [0.15, 0.2) is 24.3 Å². The fraction of sp³-hybridized carbons (Fsp3) is 0.562. The minimum atomic E-state index is -0.359. The average molecular weight is 291 g/mol. The molecule has 3 unspecified atom stereocenters. The number of rotatable bonds is 4. The minimum absolute atomic E-state index is 0.0904. The van der Waals surface area contributed by atoms with Gasteiger partial charge in [0, 0.05) is 30.7 Å². The molecular weight excluding hydrogens is 266 g/mol. The lowest BCUT2D eigenvalue weighted by Crippen LogP contribution is -2.34. The maximum absolute atomic E-state index is 12.3. The molecule has 1 saturated heterocycles. The Hall–Kier alpha value is -1.59. The zero-order chi connectivity index (χ0) is 15.4. The van der Waals surface area contributed by atoms with Gasteiger partial charge in [0.1, 0.15) is 0 Å². The molecule has 0 bridgehead atoms. The highest BCUT2D eigenvalue weighted by atomic mass is 16.3. The summed E-state index contributed by atoms with van der Waals surface area (Å²) in [7, 11) is 1.91. The summed E-state index contributed by atoms with van der Waals surface area (Å²) < 4.78 is 0. The van der Waals surface area contributed by atoms with E-state index in [9.17, 15) is 9.90 Å². The Morgan fingerprint density at radius 2 is 2.19 bits per heavy atom. The second-order valence-corrected chi connectivity index (χ2v) is 5.80. The lowest BCUT2D eigenvalue weighted by atomic mass is 10.0. The first kappa shape index (κ1) is 15.8. The Bertz CT molecular complexity index is 490. The van der Waals surface area contributed by atoms with E-state index in [0.717, 1.165) is 17.7 Å². The van der Waals surface area contributed by atoms with Gasteiger partial charge in [-0.1, -0.05) is 12.1 Å². The quantitative estimate of drug-likeness (QED) is 0.797. The molecule has 116 valence electrons. The van der Waals surface area contributed by atoms with Crippen LogP contribution in [0.5, 0.6) is 0 Å². The Labute approximate surface area is 126 Å². The van der Waals surface area contributed by atoms with Gasteiger partial charge in [-0.3, -0.25) is 0 Å². The second kappa shape index (κ2) is 6.91. The van der Waals surface area contributed by atoms with Crippen molar-refractivity contribution in [1.82, 2.24) is 10.2 Å². The number of carbonyl (C=O) groups excluding carboxylic acids is 1. The highest BCUT2D eigenvalue weighted by Crippen LogP contribution is 2.21. The first-order valence-electron chi connectivity index (χ1n) is 7.52. The minimum Gasteiger partial charge on any atom is -0.393 e. The van der Waals surface area contributed by atoms with Crippen molar-refractivity contribution in [3.8, 4) is 0 Å². The van der Waals surface area contributed by atoms with Crippen LogP contribution in [0, 0.1) is 5.92 Å². The third kappa shape index (κ3) is 3.95. The van der Waals surface area contributed by atoms with Crippen LogP contribution in [0.1, 0.15) is 31.9 Å². The molecular formula is C16H25N3O2. The van der Waals surface area contributed by atoms with Gasteiger partial charge in [-0.25, -0.2) is 4.79 Å². The van der Waals surface area contributed by atoms with Gasteiger partial charge < -0.3 is 20.6 Å². The van der Waals surface area contributed by atoms with E-state index in [1.54, 1.807) is 11.8 Å². The maximum atomic E-state index is 12.3. The van der Waals surface area contributed by atoms with Gasteiger partial charge in [0.2, 0.25) is 0 Å². The molecule has 2 amide bonds. The molecule has 3 atom stereocenters. The summed E-state index contributed by atoms with van der Waals surface area (Å²) >= 11 is 0. The fourth-order valence-electron chi connectivity index (χ4n) is 2.62. The summed E-state index contributed by atoms with van der Waals surface area (Å²) in [6, 6.07) is 8.02. The van der Waals surface area contributed by atoms with Crippen molar-refractivity contribution in [3.05, 3.63) is 29.8 Å². The number of hydrogen-bond donors (Lipinski definition) is 3. The Morgan fingerprint density at radius 1 is 1.43 bits per heavy atom. The Balaban J connectivity index is 1.97. The SMILES string of the molecule is CNC(C)c1cccc(NC(=O)N2CCC(C(C)O)C2)c1. The molecule has 5 nitrogen and oxygen atoms in total. The number of amides is 2. The lowest BCUT2D eigenvalue weighted by Gasteiger charge is -2.19. The predicted molar refractivity (Wildman–Crippen MR) is 84.3 cm³/mol. The van der Waals surface area contributed by atoms with Gasteiger partial charge >= 0.3 is 6.03 Å². The monoisotopic (exact) mass is 291 g/mol. The van der Waals surface area contributed by atoms with Crippen LogP contribution in [0.2, 0.25) is 0 Å². The van der Waals surface area contributed by atoms with E-state index in [1.165, 1.54) is 0 Å². The average Bonchev–Trinajstić information content (AvgIpc) is 2.97. The lowest BCUT2D eigenvalue weighted by molar-refractivity contribution is 0.130. The molecule has 2 rings (SSSR count). The standard InChI is InChI=1S/C16H25N3O2/c1-11(17-3)13-5-4-6-15(9-13)18-16(21)19-8-7-14(10-19)12(2)20/h4-6,9,11-12,14,17,20H,7-8,10H2,1-3H3,(H,18,21). The van der Waals surface area contributed by atoms with Crippen LogP contribution in [-0.2, 0) is 0 Å². The summed E-state index contributed by atoms with van der Waals surface area (Å²) in [6.45, 7) is 5.19. The van der Waals surface area contributed by atoms with Crippen molar-refractivity contribution in [1.29, 1.82) is 0 Å². The van der Waals surface area contributed by atoms with Crippen molar-refractivity contribution in [3.63, 3.8) is 0 Å².